The number of benzene rings is 1. The Kier molecular flexibility index (Phi) is 2.38. The quantitative estimate of drug-likeness (QED) is 0.669. The highest BCUT2D eigenvalue weighted by Gasteiger charge is 2.05. The monoisotopic (exact) mass is 278 g/mol. The summed E-state index contributed by atoms with van der Waals surface area (Å²) < 4.78 is 3.00. The van der Waals surface area contributed by atoms with Crippen LogP contribution in [0.15, 0.2) is 27.6 Å². The maximum absolute atomic E-state index is 5.88. The van der Waals surface area contributed by atoms with Gasteiger partial charge in [0.05, 0.1) is 9.04 Å². The molecule has 0 unspecified atom stereocenters. The van der Waals surface area contributed by atoms with Gasteiger partial charge in [0.2, 0.25) is 0 Å². The Balaban J connectivity index is 2.89. The van der Waals surface area contributed by atoms with Crippen LogP contribution in [0.5, 0.6) is 0 Å². The summed E-state index contributed by atoms with van der Waals surface area (Å²) in [6.45, 7) is 0. The van der Waals surface area contributed by atoms with E-state index in [4.69, 9.17) is 11.6 Å². The fourth-order valence-electron chi connectivity index (χ4n) is 1.03. The van der Waals surface area contributed by atoms with Crippen molar-refractivity contribution in [2.45, 2.75) is 4.90 Å². The summed E-state index contributed by atoms with van der Waals surface area (Å²) in [6.07, 6.45) is 0. The minimum absolute atomic E-state index is 0.810. The average Bonchev–Trinajstić information content (AvgIpc) is 2.39. The molecule has 0 aliphatic rings. The standard InChI is InChI=1S/C8H4BrClS2/c9-7-5(11)2-1-4-3-6(10)12-8(4)7/h1-3,11H. The van der Waals surface area contributed by atoms with Gasteiger partial charge in [0.1, 0.15) is 0 Å². The summed E-state index contributed by atoms with van der Waals surface area (Å²) in [6, 6.07) is 5.93. The predicted octanol–water partition coefficient (Wildman–Crippen LogP) is 4.61. The van der Waals surface area contributed by atoms with E-state index in [9.17, 15) is 0 Å². The molecule has 0 nitrogen and oxygen atoms in total. The Morgan fingerprint density at radius 1 is 1.42 bits per heavy atom. The third-order valence-corrected chi connectivity index (χ3v) is 4.64. The van der Waals surface area contributed by atoms with Crippen LogP contribution in [0.4, 0.5) is 0 Å². The zero-order chi connectivity index (χ0) is 8.72. The number of halogens is 2. The molecule has 1 aromatic heterocycles. The van der Waals surface area contributed by atoms with Gasteiger partial charge in [-0.05, 0) is 33.4 Å². The van der Waals surface area contributed by atoms with Gasteiger partial charge >= 0.3 is 0 Å². The van der Waals surface area contributed by atoms with Crippen LogP contribution in [0.25, 0.3) is 10.1 Å². The first-order chi connectivity index (χ1) is 5.68. The second kappa shape index (κ2) is 3.22. The molecule has 0 spiro atoms. The van der Waals surface area contributed by atoms with E-state index in [-0.39, 0.29) is 0 Å². The third kappa shape index (κ3) is 1.39. The Labute approximate surface area is 93.1 Å². The number of fused-ring (bicyclic) bond motifs is 1. The molecule has 62 valence electrons. The fourth-order valence-corrected chi connectivity index (χ4v) is 3.07. The van der Waals surface area contributed by atoms with Crippen LogP contribution in [0.2, 0.25) is 4.34 Å². The van der Waals surface area contributed by atoms with Gasteiger partial charge in [0.25, 0.3) is 0 Å². The van der Waals surface area contributed by atoms with Crippen LogP contribution in [-0.2, 0) is 0 Å². The Morgan fingerprint density at radius 2 is 2.17 bits per heavy atom. The van der Waals surface area contributed by atoms with Crippen molar-refractivity contribution in [3.63, 3.8) is 0 Å². The van der Waals surface area contributed by atoms with Gasteiger partial charge in [-0.15, -0.1) is 24.0 Å². The fraction of sp³-hybridized carbons (Fsp3) is 0. The van der Waals surface area contributed by atoms with Gasteiger partial charge < -0.3 is 0 Å². The van der Waals surface area contributed by atoms with Crippen LogP contribution in [0.3, 0.4) is 0 Å². The molecule has 0 aliphatic heterocycles. The van der Waals surface area contributed by atoms with E-state index < -0.39 is 0 Å². The highest BCUT2D eigenvalue weighted by atomic mass is 79.9. The van der Waals surface area contributed by atoms with E-state index in [0.29, 0.717) is 0 Å². The van der Waals surface area contributed by atoms with Crippen LogP contribution in [-0.4, -0.2) is 0 Å². The van der Waals surface area contributed by atoms with Crippen molar-refractivity contribution in [3.05, 3.63) is 27.0 Å². The average molecular weight is 280 g/mol. The maximum atomic E-state index is 5.88. The molecule has 4 heteroatoms. The number of hydrogen-bond donors (Lipinski definition) is 1. The smallest absolute Gasteiger partial charge is 0.0941 e. The molecule has 0 N–H and O–H groups in total. The van der Waals surface area contributed by atoms with Crippen LogP contribution in [0, 0.1) is 0 Å². The largest absolute Gasteiger partial charge is 0.142 e. The Hall–Kier alpha value is 0.300. The molecule has 2 rings (SSSR count). The van der Waals surface area contributed by atoms with Gasteiger partial charge in [0, 0.05) is 9.37 Å². The molecule has 1 heterocycles. The summed E-state index contributed by atoms with van der Waals surface area (Å²) in [5.74, 6) is 0. The molecule has 0 amide bonds. The second-order valence-corrected chi connectivity index (χ2v) is 5.33. The van der Waals surface area contributed by atoms with Gasteiger partial charge in [-0.2, -0.15) is 0 Å². The second-order valence-electron chi connectivity index (χ2n) is 2.37. The number of hydrogen-bond acceptors (Lipinski definition) is 2. The summed E-state index contributed by atoms with van der Waals surface area (Å²) in [4.78, 5) is 0.945. The highest BCUT2D eigenvalue weighted by molar-refractivity contribution is 9.10. The van der Waals surface area contributed by atoms with Gasteiger partial charge in [0.15, 0.2) is 0 Å². The predicted molar refractivity (Wildman–Crippen MR) is 61.8 cm³/mol. The third-order valence-electron chi connectivity index (χ3n) is 1.58. The van der Waals surface area contributed by atoms with Crippen LogP contribution in [0.1, 0.15) is 0 Å². The van der Waals surface area contributed by atoms with Gasteiger partial charge in [-0.3, -0.25) is 0 Å². The lowest BCUT2D eigenvalue weighted by atomic mass is 10.3. The van der Waals surface area contributed by atoms with Crippen LogP contribution < -0.4 is 0 Å². The van der Waals surface area contributed by atoms with Crippen molar-refractivity contribution in [1.29, 1.82) is 0 Å². The molecule has 12 heavy (non-hydrogen) atoms. The molecule has 1 aromatic carbocycles. The van der Waals surface area contributed by atoms with Crippen molar-refractivity contribution in [3.8, 4) is 0 Å². The lowest BCUT2D eigenvalue weighted by Gasteiger charge is -1.96. The first kappa shape index (κ1) is 8.88. The zero-order valence-electron chi connectivity index (χ0n) is 5.84. The minimum atomic E-state index is 0.810. The SMILES string of the molecule is Sc1ccc2cc(Cl)sc2c1Br. The van der Waals surface area contributed by atoms with Crippen molar-refractivity contribution < 1.29 is 0 Å². The molecule has 0 aliphatic carbocycles. The molecule has 0 radical (unpaired) electrons. The molecule has 0 saturated carbocycles. The number of rotatable bonds is 0. The summed E-state index contributed by atoms with van der Waals surface area (Å²) in [7, 11) is 0. The van der Waals surface area contributed by atoms with Crippen LogP contribution >= 0.6 is 51.5 Å². The van der Waals surface area contributed by atoms with Crippen molar-refractivity contribution in [2.75, 3.05) is 0 Å². The van der Waals surface area contributed by atoms with Gasteiger partial charge in [-0.1, -0.05) is 17.7 Å². The molecular weight excluding hydrogens is 276 g/mol. The molecule has 0 atom stereocenters. The molecule has 0 saturated heterocycles. The van der Waals surface area contributed by atoms with E-state index in [1.807, 2.05) is 18.2 Å². The van der Waals surface area contributed by atoms with E-state index in [0.717, 1.165) is 23.8 Å². The van der Waals surface area contributed by atoms with Crippen molar-refractivity contribution in [1.82, 2.24) is 0 Å². The lowest BCUT2D eigenvalue weighted by Crippen LogP contribution is -1.68. The Bertz CT molecular complexity index is 436. The van der Waals surface area contributed by atoms with Gasteiger partial charge in [-0.25, -0.2) is 0 Å². The number of thiol groups is 1. The first-order valence-electron chi connectivity index (χ1n) is 3.25. The highest BCUT2D eigenvalue weighted by Crippen LogP contribution is 2.37. The molecular formula is C8H4BrClS2. The van der Waals surface area contributed by atoms with E-state index in [1.165, 1.54) is 0 Å². The summed E-state index contributed by atoms with van der Waals surface area (Å²) in [5.41, 5.74) is 0. The van der Waals surface area contributed by atoms with E-state index >= 15 is 0 Å². The molecule has 0 fully saturated rings. The maximum Gasteiger partial charge on any atom is 0.0941 e. The van der Waals surface area contributed by atoms with Crippen molar-refractivity contribution >= 4 is 61.6 Å². The lowest BCUT2D eigenvalue weighted by molar-refractivity contribution is 1.49. The zero-order valence-corrected chi connectivity index (χ0v) is 9.90. The van der Waals surface area contributed by atoms with Crippen molar-refractivity contribution in [2.24, 2.45) is 0 Å². The molecule has 2 aromatic rings. The summed E-state index contributed by atoms with van der Waals surface area (Å²) in [5, 5.41) is 1.16. The Morgan fingerprint density at radius 3 is 2.92 bits per heavy atom. The minimum Gasteiger partial charge on any atom is -0.142 e. The molecule has 0 bridgehead atoms. The topological polar surface area (TPSA) is 0 Å². The number of thiophene rings is 1. The normalized spacial score (nSPS) is 10.9. The van der Waals surface area contributed by atoms with E-state index in [1.54, 1.807) is 11.3 Å². The summed E-state index contributed by atoms with van der Waals surface area (Å²) >= 11 is 15.2. The first-order valence-corrected chi connectivity index (χ1v) is 5.68. The van der Waals surface area contributed by atoms with E-state index in [2.05, 4.69) is 28.6 Å².